The molecule has 142 valence electrons. The summed E-state index contributed by atoms with van der Waals surface area (Å²) in [7, 11) is 0. The molecule has 0 saturated heterocycles. The quantitative estimate of drug-likeness (QED) is 0.446. The molecule has 3 heterocycles. The molecule has 7 heteroatoms. The molecule has 28 heavy (non-hydrogen) atoms. The molecule has 0 fully saturated rings. The van der Waals surface area contributed by atoms with Gasteiger partial charge in [-0.05, 0) is 49.4 Å². The van der Waals surface area contributed by atoms with Crippen molar-refractivity contribution in [2.75, 3.05) is 0 Å². The Labute approximate surface area is 177 Å². The van der Waals surface area contributed by atoms with E-state index in [1.54, 1.807) is 12.1 Å². The van der Waals surface area contributed by atoms with Crippen LogP contribution in [-0.4, -0.2) is 10.7 Å². The normalized spacial score (nSPS) is 20.4. The third-order valence-corrected chi connectivity index (χ3v) is 5.80. The van der Waals surface area contributed by atoms with Crippen LogP contribution in [0.5, 0.6) is 5.75 Å². The van der Waals surface area contributed by atoms with Gasteiger partial charge in [0, 0.05) is 27.6 Å². The highest BCUT2D eigenvalue weighted by Gasteiger charge is 2.42. The molecule has 0 bridgehead atoms. The Morgan fingerprint density at radius 2 is 1.75 bits per heavy atom. The summed E-state index contributed by atoms with van der Waals surface area (Å²) in [5.41, 5.74) is 2.66. The van der Waals surface area contributed by atoms with E-state index in [1.165, 1.54) is 0 Å². The van der Waals surface area contributed by atoms with Crippen molar-refractivity contribution >= 4 is 40.5 Å². The molecular formula is C21H15Cl3N2O2. The zero-order valence-corrected chi connectivity index (χ0v) is 17.1. The predicted molar refractivity (Wildman–Crippen MR) is 110 cm³/mol. The smallest absolute Gasteiger partial charge is 0.215 e. The lowest BCUT2D eigenvalue weighted by Gasteiger charge is -2.38. The van der Waals surface area contributed by atoms with Gasteiger partial charge < -0.3 is 9.15 Å². The van der Waals surface area contributed by atoms with Gasteiger partial charge in [-0.3, -0.25) is 0 Å². The van der Waals surface area contributed by atoms with Crippen LogP contribution in [0.15, 0.2) is 58.0 Å². The summed E-state index contributed by atoms with van der Waals surface area (Å²) in [6.07, 6.45) is 0.211. The van der Waals surface area contributed by atoms with E-state index in [1.807, 2.05) is 48.3 Å². The van der Waals surface area contributed by atoms with Crippen LogP contribution in [0, 0.1) is 6.92 Å². The van der Waals surface area contributed by atoms with Gasteiger partial charge in [-0.25, -0.2) is 5.01 Å². The highest BCUT2D eigenvalue weighted by Crippen LogP contribution is 2.49. The van der Waals surface area contributed by atoms with Crippen molar-refractivity contribution in [3.05, 3.63) is 86.2 Å². The summed E-state index contributed by atoms with van der Waals surface area (Å²) in [6, 6.07) is 14.9. The molecule has 3 aromatic rings. The number of aryl methyl sites for hydroxylation is 1. The van der Waals surface area contributed by atoms with E-state index in [9.17, 15) is 0 Å². The Hall–Kier alpha value is -2.14. The maximum Gasteiger partial charge on any atom is 0.215 e. The second-order valence-electron chi connectivity index (χ2n) is 6.88. The lowest BCUT2D eigenvalue weighted by Crippen LogP contribution is -2.33. The van der Waals surface area contributed by atoms with Crippen LogP contribution in [0.2, 0.25) is 15.1 Å². The molecule has 0 aliphatic carbocycles. The van der Waals surface area contributed by atoms with E-state index in [-0.39, 0.29) is 6.04 Å². The number of fused-ring (bicyclic) bond motifs is 3. The average Bonchev–Trinajstić information content (AvgIpc) is 3.28. The molecule has 2 aromatic carbocycles. The number of hydrogen-bond donors (Lipinski definition) is 0. The number of benzene rings is 2. The maximum atomic E-state index is 6.48. The molecule has 0 amide bonds. The van der Waals surface area contributed by atoms with Crippen molar-refractivity contribution in [1.29, 1.82) is 0 Å². The first-order chi connectivity index (χ1) is 13.5. The lowest BCUT2D eigenvalue weighted by atomic mass is 9.97. The average molecular weight is 434 g/mol. The summed E-state index contributed by atoms with van der Waals surface area (Å²) < 4.78 is 12.1. The van der Waals surface area contributed by atoms with E-state index < -0.39 is 6.23 Å². The minimum atomic E-state index is -0.475. The highest BCUT2D eigenvalue weighted by molar-refractivity contribution is 6.35. The molecule has 0 N–H and O–H groups in total. The molecule has 4 nitrogen and oxygen atoms in total. The molecule has 2 aliphatic heterocycles. The molecule has 0 radical (unpaired) electrons. The van der Waals surface area contributed by atoms with E-state index >= 15 is 0 Å². The van der Waals surface area contributed by atoms with Crippen molar-refractivity contribution < 1.29 is 9.15 Å². The standard InChI is InChI=1S/C21H15Cl3N2O2/c1-11-2-6-20(27-11)17-10-18-15-8-12(22)4-7-19(15)28-21(26(18)25-17)14-5-3-13(23)9-16(14)24/h2-9,18,21H,10H2,1H3/t18-,21+/m1/s1. The van der Waals surface area contributed by atoms with Gasteiger partial charge in [0.2, 0.25) is 6.23 Å². The van der Waals surface area contributed by atoms with Crippen molar-refractivity contribution in [3.63, 3.8) is 0 Å². The maximum absolute atomic E-state index is 6.48. The van der Waals surface area contributed by atoms with Gasteiger partial charge in [-0.1, -0.05) is 40.9 Å². The third-order valence-electron chi connectivity index (χ3n) is 5.01. The van der Waals surface area contributed by atoms with Gasteiger partial charge in [-0.2, -0.15) is 5.10 Å². The van der Waals surface area contributed by atoms with E-state index in [4.69, 9.17) is 49.1 Å². The predicted octanol–water partition coefficient (Wildman–Crippen LogP) is 6.79. The van der Waals surface area contributed by atoms with Crippen LogP contribution in [0.1, 0.15) is 41.3 Å². The minimum Gasteiger partial charge on any atom is -0.464 e. The Kier molecular flexibility index (Phi) is 4.31. The van der Waals surface area contributed by atoms with Gasteiger partial charge in [0.25, 0.3) is 0 Å². The minimum absolute atomic E-state index is 0.0281. The molecule has 5 rings (SSSR count). The molecule has 1 aromatic heterocycles. The van der Waals surface area contributed by atoms with Gasteiger partial charge in [0.1, 0.15) is 23.0 Å². The number of furan rings is 1. The molecule has 2 aliphatic rings. The summed E-state index contributed by atoms with van der Waals surface area (Å²) >= 11 is 18.8. The van der Waals surface area contributed by atoms with Crippen LogP contribution in [0.3, 0.4) is 0 Å². The van der Waals surface area contributed by atoms with Gasteiger partial charge in [0.05, 0.1) is 11.1 Å². The van der Waals surface area contributed by atoms with Gasteiger partial charge in [0.15, 0.2) is 0 Å². The Bertz CT molecular complexity index is 1110. The summed E-state index contributed by atoms with van der Waals surface area (Å²) in [6.45, 7) is 1.92. The largest absolute Gasteiger partial charge is 0.464 e. The first kappa shape index (κ1) is 17.9. The first-order valence-electron chi connectivity index (χ1n) is 8.83. The van der Waals surface area contributed by atoms with Crippen molar-refractivity contribution in [3.8, 4) is 5.75 Å². The van der Waals surface area contributed by atoms with Gasteiger partial charge in [-0.15, -0.1) is 0 Å². The second-order valence-corrected chi connectivity index (χ2v) is 8.16. The number of nitrogens with zero attached hydrogens (tertiary/aromatic N) is 2. The second kappa shape index (κ2) is 6.73. The molecule has 2 atom stereocenters. The Morgan fingerprint density at radius 3 is 2.50 bits per heavy atom. The highest BCUT2D eigenvalue weighted by atomic mass is 35.5. The molecule has 0 saturated carbocycles. The van der Waals surface area contributed by atoms with Crippen molar-refractivity contribution in [1.82, 2.24) is 5.01 Å². The van der Waals surface area contributed by atoms with Crippen LogP contribution < -0.4 is 4.74 Å². The van der Waals surface area contributed by atoms with Crippen LogP contribution in [-0.2, 0) is 0 Å². The van der Waals surface area contributed by atoms with E-state index in [2.05, 4.69) is 0 Å². The fraction of sp³-hybridized carbons (Fsp3) is 0.190. The number of ether oxygens (including phenoxy) is 1. The zero-order valence-electron chi connectivity index (χ0n) is 14.8. The number of hydrogen-bond acceptors (Lipinski definition) is 4. The zero-order chi connectivity index (χ0) is 19.4. The first-order valence-corrected chi connectivity index (χ1v) is 9.96. The van der Waals surface area contributed by atoms with Crippen LogP contribution >= 0.6 is 34.8 Å². The SMILES string of the molecule is Cc1ccc(C2=NN3[C@H](C2)c2cc(Cl)ccc2O[C@H]3c2ccc(Cl)cc2Cl)o1. The van der Waals surface area contributed by atoms with Crippen molar-refractivity contribution in [2.24, 2.45) is 5.10 Å². The Morgan fingerprint density at radius 1 is 0.964 bits per heavy atom. The fourth-order valence-electron chi connectivity index (χ4n) is 3.70. The van der Waals surface area contributed by atoms with Crippen molar-refractivity contribution in [2.45, 2.75) is 25.6 Å². The molecule has 0 unspecified atom stereocenters. The van der Waals surface area contributed by atoms with Gasteiger partial charge >= 0.3 is 0 Å². The van der Waals surface area contributed by atoms with Crippen LogP contribution in [0.4, 0.5) is 0 Å². The monoisotopic (exact) mass is 432 g/mol. The Balaban J connectivity index is 1.63. The number of rotatable bonds is 2. The van der Waals surface area contributed by atoms with Crippen LogP contribution in [0.25, 0.3) is 0 Å². The number of halogens is 3. The van der Waals surface area contributed by atoms with E-state index in [0.717, 1.165) is 34.1 Å². The molecular weight excluding hydrogens is 419 g/mol. The topological polar surface area (TPSA) is 38.0 Å². The lowest BCUT2D eigenvalue weighted by molar-refractivity contribution is -0.0189. The van der Waals surface area contributed by atoms with E-state index in [0.29, 0.717) is 21.5 Å². The number of hydrazone groups is 1. The summed E-state index contributed by atoms with van der Waals surface area (Å²) in [5.74, 6) is 2.38. The summed E-state index contributed by atoms with van der Waals surface area (Å²) in [4.78, 5) is 0. The fourth-order valence-corrected chi connectivity index (χ4v) is 4.39. The summed E-state index contributed by atoms with van der Waals surface area (Å²) in [5, 5.41) is 8.54. The third kappa shape index (κ3) is 2.96. The molecule has 0 spiro atoms.